The van der Waals surface area contributed by atoms with Crippen molar-refractivity contribution in [2.45, 2.75) is 38.9 Å². The monoisotopic (exact) mass is 443 g/mol. The summed E-state index contributed by atoms with van der Waals surface area (Å²) in [6, 6.07) is 11.2. The molecule has 0 bridgehead atoms. The van der Waals surface area contributed by atoms with Crippen LogP contribution in [0.2, 0.25) is 5.02 Å². The lowest BCUT2D eigenvalue weighted by Crippen LogP contribution is -2.18. The number of benzene rings is 2. The molecule has 0 saturated carbocycles. The number of fused-ring (bicyclic) bond motifs is 1. The minimum Gasteiger partial charge on any atom is -0.488 e. The Hall–Kier alpha value is -2.70. The standard InChI is InChI=1S/C24H26ClNO5/c1-2-28-23(27)10-16-6-3-4-8-22(16)30-14-17-15-31-24-20(17)11-18(25)12-21(24)26-13-19-7-5-9-29-19/h3-4,6,8,11-12,15,19,26H,2,5,7,9-10,13-14H2,1H3. The van der Waals surface area contributed by atoms with Crippen LogP contribution in [0.1, 0.15) is 30.9 Å². The summed E-state index contributed by atoms with van der Waals surface area (Å²) in [4.78, 5) is 11.9. The SMILES string of the molecule is CCOC(=O)Cc1ccccc1OCc1coc2c(NCC3CCCO3)cc(Cl)cc12. The number of rotatable bonds is 9. The minimum atomic E-state index is -0.277. The van der Waals surface area contributed by atoms with Gasteiger partial charge in [-0.1, -0.05) is 29.8 Å². The molecule has 1 aliphatic heterocycles. The number of ether oxygens (including phenoxy) is 3. The van der Waals surface area contributed by atoms with Crippen molar-refractivity contribution < 1.29 is 23.4 Å². The van der Waals surface area contributed by atoms with Crippen LogP contribution in [0.25, 0.3) is 11.0 Å². The van der Waals surface area contributed by atoms with Crippen LogP contribution >= 0.6 is 11.6 Å². The Bertz CT molecular complexity index is 1040. The van der Waals surface area contributed by atoms with Crippen molar-refractivity contribution in [2.75, 3.05) is 25.1 Å². The van der Waals surface area contributed by atoms with E-state index in [0.717, 1.165) is 47.2 Å². The van der Waals surface area contributed by atoms with Crippen LogP contribution in [-0.4, -0.2) is 31.8 Å². The van der Waals surface area contributed by atoms with Crippen molar-refractivity contribution in [2.24, 2.45) is 0 Å². The third-order valence-electron chi connectivity index (χ3n) is 5.26. The number of para-hydroxylation sites is 1. The number of hydrogen-bond donors (Lipinski definition) is 1. The topological polar surface area (TPSA) is 69.9 Å². The summed E-state index contributed by atoms with van der Waals surface area (Å²) in [5.41, 5.74) is 3.24. The summed E-state index contributed by atoms with van der Waals surface area (Å²) in [5, 5.41) is 4.92. The van der Waals surface area contributed by atoms with E-state index in [1.165, 1.54) is 0 Å². The quantitative estimate of drug-likeness (QED) is 0.449. The summed E-state index contributed by atoms with van der Waals surface area (Å²) in [5.74, 6) is 0.365. The molecule has 6 nitrogen and oxygen atoms in total. The molecule has 0 amide bonds. The molecule has 3 aromatic rings. The normalized spacial score (nSPS) is 15.9. The second-order valence-electron chi connectivity index (χ2n) is 7.49. The molecule has 1 fully saturated rings. The second-order valence-corrected chi connectivity index (χ2v) is 7.92. The van der Waals surface area contributed by atoms with Crippen molar-refractivity contribution in [3.63, 3.8) is 0 Å². The van der Waals surface area contributed by atoms with Crippen molar-refractivity contribution in [1.29, 1.82) is 0 Å². The number of furan rings is 1. The van der Waals surface area contributed by atoms with Gasteiger partial charge in [-0.2, -0.15) is 0 Å². The van der Waals surface area contributed by atoms with Crippen molar-refractivity contribution in [3.05, 3.63) is 58.8 Å². The van der Waals surface area contributed by atoms with Crippen molar-refractivity contribution >= 4 is 34.2 Å². The summed E-state index contributed by atoms with van der Waals surface area (Å²) in [6.07, 6.45) is 4.21. The van der Waals surface area contributed by atoms with E-state index in [4.69, 9.17) is 30.2 Å². The third kappa shape index (κ3) is 5.32. The van der Waals surface area contributed by atoms with Crippen LogP contribution in [0.4, 0.5) is 5.69 Å². The lowest BCUT2D eigenvalue weighted by molar-refractivity contribution is -0.142. The highest BCUT2D eigenvalue weighted by molar-refractivity contribution is 6.31. The lowest BCUT2D eigenvalue weighted by atomic mass is 10.1. The van der Waals surface area contributed by atoms with Gasteiger partial charge in [0.1, 0.15) is 12.4 Å². The van der Waals surface area contributed by atoms with Gasteiger partial charge in [-0.25, -0.2) is 0 Å². The fraction of sp³-hybridized carbons (Fsp3) is 0.375. The van der Waals surface area contributed by atoms with Crippen LogP contribution < -0.4 is 10.1 Å². The smallest absolute Gasteiger partial charge is 0.310 e. The van der Waals surface area contributed by atoms with E-state index in [0.29, 0.717) is 30.5 Å². The highest BCUT2D eigenvalue weighted by Crippen LogP contribution is 2.33. The minimum absolute atomic E-state index is 0.166. The Morgan fingerprint density at radius 3 is 2.94 bits per heavy atom. The first-order valence-corrected chi connectivity index (χ1v) is 10.9. The zero-order chi connectivity index (χ0) is 21.6. The van der Waals surface area contributed by atoms with E-state index in [-0.39, 0.29) is 18.5 Å². The number of anilines is 1. The highest BCUT2D eigenvalue weighted by atomic mass is 35.5. The van der Waals surface area contributed by atoms with E-state index in [1.807, 2.05) is 36.4 Å². The van der Waals surface area contributed by atoms with Crippen LogP contribution in [0, 0.1) is 0 Å². The molecular formula is C24H26ClNO5. The summed E-state index contributed by atoms with van der Waals surface area (Å²) in [7, 11) is 0. The zero-order valence-corrected chi connectivity index (χ0v) is 18.2. The molecule has 0 spiro atoms. The van der Waals surface area contributed by atoms with Gasteiger partial charge in [0.2, 0.25) is 0 Å². The third-order valence-corrected chi connectivity index (χ3v) is 5.48. The first-order valence-electron chi connectivity index (χ1n) is 10.6. The molecule has 7 heteroatoms. The zero-order valence-electron chi connectivity index (χ0n) is 17.5. The number of esters is 1. The highest BCUT2D eigenvalue weighted by Gasteiger charge is 2.18. The first kappa shape index (κ1) is 21.5. The van der Waals surface area contributed by atoms with E-state index < -0.39 is 0 Å². The van der Waals surface area contributed by atoms with Crippen LogP contribution in [0.5, 0.6) is 5.75 Å². The lowest BCUT2D eigenvalue weighted by Gasteiger charge is -2.13. The summed E-state index contributed by atoms with van der Waals surface area (Å²) in [6.45, 7) is 3.96. The average Bonchev–Trinajstić information content (AvgIpc) is 3.41. The molecule has 2 heterocycles. The molecule has 1 unspecified atom stereocenters. The second kappa shape index (κ2) is 10.1. The average molecular weight is 444 g/mol. The van der Waals surface area contributed by atoms with Gasteiger partial charge >= 0.3 is 5.97 Å². The van der Waals surface area contributed by atoms with Gasteiger partial charge in [0, 0.05) is 34.7 Å². The predicted octanol–water partition coefficient (Wildman–Crippen LogP) is 5.36. The van der Waals surface area contributed by atoms with E-state index in [2.05, 4.69) is 5.32 Å². The first-order chi connectivity index (χ1) is 15.1. The van der Waals surface area contributed by atoms with Gasteiger partial charge in [-0.05, 0) is 38.0 Å². The van der Waals surface area contributed by atoms with Gasteiger partial charge in [0.05, 0.1) is 31.1 Å². The Kier molecular flexibility index (Phi) is 6.99. The van der Waals surface area contributed by atoms with E-state index in [9.17, 15) is 4.79 Å². The molecule has 4 rings (SSSR count). The molecule has 2 aromatic carbocycles. The molecule has 31 heavy (non-hydrogen) atoms. The number of halogens is 1. The van der Waals surface area contributed by atoms with Crippen molar-refractivity contribution in [3.8, 4) is 5.75 Å². The molecule has 0 radical (unpaired) electrons. The Balaban J connectivity index is 1.49. The van der Waals surface area contributed by atoms with Gasteiger partial charge in [-0.3, -0.25) is 4.79 Å². The maximum absolute atomic E-state index is 11.9. The Morgan fingerprint density at radius 2 is 2.13 bits per heavy atom. The molecule has 0 aliphatic carbocycles. The molecule has 164 valence electrons. The molecule has 1 aromatic heterocycles. The summed E-state index contributed by atoms with van der Waals surface area (Å²) >= 11 is 6.37. The van der Waals surface area contributed by atoms with Crippen molar-refractivity contribution in [1.82, 2.24) is 0 Å². The molecule has 1 aliphatic rings. The fourth-order valence-electron chi connectivity index (χ4n) is 3.74. The van der Waals surface area contributed by atoms with Gasteiger partial charge < -0.3 is 23.9 Å². The number of carbonyl (C=O) groups excluding carboxylic acids is 1. The molecule has 1 N–H and O–H groups in total. The van der Waals surface area contributed by atoms with E-state index >= 15 is 0 Å². The van der Waals surface area contributed by atoms with E-state index in [1.54, 1.807) is 13.2 Å². The maximum Gasteiger partial charge on any atom is 0.310 e. The van der Waals surface area contributed by atoms with Crippen LogP contribution in [0.15, 0.2) is 47.1 Å². The van der Waals surface area contributed by atoms with Gasteiger partial charge in [-0.15, -0.1) is 0 Å². The number of nitrogens with one attached hydrogen (secondary N) is 1. The molecule has 1 saturated heterocycles. The van der Waals surface area contributed by atoms with Crippen LogP contribution in [0.3, 0.4) is 0 Å². The Labute approximate surface area is 186 Å². The largest absolute Gasteiger partial charge is 0.488 e. The fourth-order valence-corrected chi connectivity index (χ4v) is 3.96. The Morgan fingerprint density at radius 1 is 1.26 bits per heavy atom. The number of hydrogen-bond acceptors (Lipinski definition) is 6. The number of carbonyl (C=O) groups is 1. The van der Waals surface area contributed by atoms with Gasteiger partial charge in [0.15, 0.2) is 5.58 Å². The predicted molar refractivity (Wildman–Crippen MR) is 120 cm³/mol. The molecular weight excluding hydrogens is 418 g/mol. The summed E-state index contributed by atoms with van der Waals surface area (Å²) < 4.78 is 22.6. The maximum atomic E-state index is 11.9. The van der Waals surface area contributed by atoms with Gasteiger partial charge in [0.25, 0.3) is 0 Å². The van der Waals surface area contributed by atoms with Crippen LogP contribution in [-0.2, 0) is 27.3 Å². The molecule has 1 atom stereocenters.